The third kappa shape index (κ3) is 4.68. The summed E-state index contributed by atoms with van der Waals surface area (Å²) in [6.07, 6.45) is 1.19. The summed E-state index contributed by atoms with van der Waals surface area (Å²) in [7, 11) is -3.78. The van der Waals surface area contributed by atoms with Crippen LogP contribution in [0.4, 0.5) is 10.1 Å². The molecular weight excluding hydrogens is 415 g/mol. The molecule has 7 heteroatoms. The standard InChI is InChI=1S/C24H23FN2O3S/c25-20-12-14-21(15-13-20)31(29,30)27-16-6-9-19(17-27)24(28)26-23-11-5-4-10-22(23)18-7-2-1-3-8-18/h1-5,7-8,10-15,19H,6,9,16-17H2,(H,26,28)/t19-/m1/s1. The number of benzene rings is 3. The Hall–Kier alpha value is -3.03. The van der Waals surface area contributed by atoms with Crippen LogP contribution in [0.1, 0.15) is 12.8 Å². The molecule has 1 atom stereocenters. The molecule has 1 aliphatic heterocycles. The van der Waals surface area contributed by atoms with Crippen LogP contribution in [0.15, 0.2) is 83.8 Å². The molecule has 31 heavy (non-hydrogen) atoms. The van der Waals surface area contributed by atoms with Gasteiger partial charge in [0.2, 0.25) is 15.9 Å². The highest BCUT2D eigenvalue weighted by Gasteiger charge is 2.33. The first kappa shape index (κ1) is 21.2. The number of nitrogens with zero attached hydrogens (tertiary/aromatic N) is 1. The number of carbonyl (C=O) groups is 1. The molecule has 0 aromatic heterocycles. The quantitative estimate of drug-likeness (QED) is 0.636. The van der Waals surface area contributed by atoms with Crippen molar-refractivity contribution in [1.29, 1.82) is 0 Å². The number of piperidine rings is 1. The van der Waals surface area contributed by atoms with E-state index in [1.165, 1.54) is 16.4 Å². The van der Waals surface area contributed by atoms with Crippen molar-refractivity contribution in [1.82, 2.24) is 4.31 Å². The summed E-state index contributed by atoms with van der Waals surface area (Å²) in [6.45, 7) is 0.434. The van der Waals surface area contributed by atoms with Crippen LogP contribution in [-0.4, -0.2) is 31.7 Å². The van der Waals surface area contributed by atoms with E-state index in [-0.39, 0.29) is 17.3 Å². The molecule has 3 aromatic rings. The van der Waals surface area contributed by atoms with E-state index in [0.29, 0.717) is 25.1 Å². The third-order valence-corrected chi connectivity index (χ3v) is 7.36. The fourth-order valence-corrected chi connectivity index (χ4v) is 5.35. The van der Waals surface area contributed by atoms with Crippen molar-refractivity contribution in [3.63, 3.8) is 0 Å². The van der Waals surface area contributed by atoms with Gasteiger partial charge in [-0.3, -0.25) is 4.79 Å². The van der Waals surface area contributed by atoms with Gasteiger partial charge in [0.25, 0.3) is 0 Å². The van der Waals surface area contributed by atoms with Crippen molar-refractivity contribution >= 4 is 21.6 Å². The van der Waals surface area contributed by atoms with E-state index in [4.69, 9.17) is 0 Å². The second-order valence-corrected chi connectivity index (χ2v) is 9.49. The lowest BCUT2D eigenvalue weighted by molar-refractivity contribution is -0.120. The van der Waals surface area contributed by atoms with E-state index in [2.05, 4.69) is 5.32 Å². The number of rotatable bonds is 5. The van der Waals surface area contributed by atoms with Crippen LogP contribution >= 0.6 is 0 Å². The first-order valence-electron chi connectivity index (χ1n) is 10.2. The molecule has 1 saturated heterocycles. The Labute approximate surface area is 181 Å². The first-order chi connectivity index (χ1) is 14.9. The zero-order valence-corrected chi connectivity index (χ0v) is 17.7. The second-order valence-electron chi connectivity index (χ2n) is 7.56. The molecule has 0 unspecified atom stereocenters. The summed E-state index contributed by atoms with van der Waals surface area (Å²) in [6, 6.07) is 22.1. The molecule has 1 amide bonds. The molecule has 1 aliphatic rings. The highest BCUT2D eigenvalue weighted by Crippen LogP contribution is 2.29. The van der Waals surface area contributed by atoms with Gasteiger partial charge < -0.3 is 5.32 Å². The topological polar surface area (TPSA) is 66.5 Å². The number of sulfonamides is 1. The summed E-state index contributed by atoms with van der Waals surface area (Å²) in [5, 5.41) is 2.99. The number of anilines is 1. The molecule has 0 aliphatic carbocycles. The SMILES string of the molecule is O=C(Nc1ccccc1-c1ccccc1)[C@@H]1CCCN(S(=O)(=O)c2ccc(F)cc2)C1. The highest BCUT2D eigenvalue weighted by molar-refractivity contribution is 7.89. The predicted molar refractivity (Wildman–Crippen MR) is 118 cm³/mol. The number of nitrogens with one attached hydrogen (secondary N) is 1. The second kappa shape index (κ2) is 8.99. The van der Waals surface area contributed by atoms with Gasteiger partial charge in [-0.2, -0.15) is 4.31 Å². The van der Waals surface area contributed by atoms with Crippen molar-refractivity contribution < 1.29 is 17.6 Å². The Balaban J connectivity index is 1.51. The normalized spacial score (nSPS) is 17.3. The Bertz CT molecular complexity index is 1160. The molecule has 3 aromatic carbocycles. The molecule has 1 N–H and O–H groups in total. The van der Waals surface area contributed by atoms with E-state index >= 15 is 0 Å². The van der Waals surface area contributed by atoms with Gasteiger partial charge >= 0.3 is 0 Å². The van der Waals surface area contributed by atoms with E-state index in [9.17, 15) is 17.6 Å². The van der Waals surface area contributed by atoms with Crippen LogP contribution in [0, 0.1) is 11.7 Å². The van der Waals surface area contributed by atoms with Gasteiger partial charge in [0.1, 0.15) is 5.82 Å². The van der Waals surface area contributed by atoms with Crippen molar-refractivity contribution in [3.05, 3.63) is 84.7 Å². The number of hydrogen-bond donors (Lipinski definition) is 1. The largest absolute Gasteiger partial charge is 0.325 e. The average molecular weight is 439 g/mol. The van der Waals surface area contributed by atoms with Crippen LogP contribution in [0.25, 0.3) is 11.1 Å². The number of hydrogen-bond acceptors (Lipinski definition) is 3. The molecule has 0 radical (unpaired) electrons. The molecule has 4 rings (SSSR count). The van der Waals surface area contributed by atoms with Gasteiger partial charge in [-0.15, -0.1) is 0 Å². The van der Waals surface area contributed by atoms with E-state index in [1.807, 2.05) is 54.6 Å². The number of halogens is 1. The predicted octanol–water partition coefficient (Wildman–Crippen LogP) is 4.53. The zero-order chi connectivity index (χ0) is 21.8. The lowest BCUT2D eigenvalue weighted by Gasteiger charge is -2.31. The minimum Gasteiger partial charge on any atom is -0.325 e. The van der Waals surface area contributed by atoms with Crippen LogP contribution in [0.5, 0.6) is 0 Å². The van der Waals surface area contributed by atoms with Gasteiger partial charge in [0, 0.05) is 24.3 Å². The van der Waals surface area contributed by atoms with Gasteiger partial charge in [-0.25, -0.2) is 12.8 Å². The van der Waals surface area contributed by atoms with Crippen LogP contribution in [-0.2, 0) is 14.8 Å². The number of amides is 1. The Morgan fingerprint density at radius 1 is 0.935 bits per heavy atom. The van der Waals surface area contributed by atoms with E-state index in [1.54, 1.807) is 0 Å². The number of carbonyl (C=O) groups excluding carboxylic acids is 1. The fraction of sp³-hybridized carbons (Fsp3) is 0.208. The minimum absolute atomic E-state index is 0.0318. The van der Waals surface area contributed by atoms with Gasteiger partial charge in [-0.1, -0.05) is 48.5 Å². The van der Waals surface area contributed by atoms with Crippen molar-refractivity contribution in [2.24, 2.45) is 5.92 Å². The fourth-order valence-electron chi connectivity index (χ4n) is 3.83. The molecule has 0 bridgehead atoms. The first-order valence-corrected chi connectivity index (χ1v) is 11.6. The maximum atomic E-state index is 13.2. The van der Waals surface area contributed by atoms with Gasteiger partial charge in [0.15, 0.2) is 0 Å². The smallest absolute Gasteiger partial charge is 0.243 e. The average Bonchev–Trinajstić information content (AvgIpc) is 2.80. The summed E-state index contributed by atoms with van der Waals surface area (Å²) in [5.74, 6) is -1.16. The Kier molecular flexibility index (Phi) is 6.15. The van der Waals surface area contributed by atoms with Gasteiger partial charge in [0.05, 0.1) is 10.8 Å². The molecule has 5 nitrogen and oxygen atoms in total. The molecule has 0 spiro atoms. The summed E-state index contributed by atoms with van der Waals surface area (Å²) < 4.78 is 40.4. The molecule has 1 fully saturated rings. The van der Waals surface area contributed by atoms with E-state index in [0.717, 1.165) is 23.3 Å². The van der Waals surface area contributed by atoms with Crippen LogP contribution in [0.2, 0.25) is 0 Å². The number of para-hydroxylation sites is 1. The van der Waals surface area contributed by atoms with Crippen LogP contribution < -0.4 is 5.32 Å². The summed E-state index contributed by atoms with van der Waals surface area (Å²) in [4.78, 5) is 13.1. The third-order valence-electron chi connectivity index (χ3n) is 5.48. The summed E-state index contributed by atoms with van der Waals surface area (Å²) >= 11 is 0. The lowest BCUT2D eigenvalue weighted by Crippen LogP contribution is -2.43. The Morgan fingerprint density at radius 2 is 1.61 bits per heavy atom. The molecule has 0 saturated carbocycles. The van der Waals surface area contributed by atoms with Crippen molar-refractivity contribution in [2.45, 2.75) is 17.7 Å². The molecule has 1 heterocycles. The van der Waals surface area contributed by atoms with Gasteiger partial charge in [-0.05, 0) is 48.7 Å². The monoisotopic (exact) mass is 438 g/mol. The van der Waals surface area contributed by atoms with Crippen molar-refractivity contribution in [2.75, 3.05) is 18.4 Å². The summed E-state index contributed by atoms with van der Waals surface area (Å²) in [5.41, 5.74) is 2.59. The Morgan fingerprint density at radius 3 is 2.35 bits per heavy atom. The highest BCUT2D eigenvalue weighted by atomic mass is 32.2. The lowest BCUT2D eigenvalue weighted by atomic mass is 9.98. The van der Waals surface area contributed by atoms with E-state index < -0.39 is 21.8 Å². The minimum atomic E-state index is -3.78. The zero-order valence-electron chi connectivity index (χ0n) is 16.9. The maximum Gasteiger partial charge on any atom is 0.243 e. The maximum absolute atomic E-state index is 13.2. The van der Waals surface area contributed by atoms with Crippen LogP contribution in [0.3, 0.4) is 0 Å². The molecule has 160 valence electrons. The molecular formula is C24H23FN2O3S. The van der Waals surface area contributed by atoms with Crippen molar-refractivity contribution in [3.8, 4) is 11.1 Å².